The van der Waals surface area contributed by atoms with Gasteiger partial charge in [-0.25, -0.2) is 0 Å². The minimum atomic E-state index is -2.97. The second kappa shape index (κ2) is 8.68. The van der Waals surface area contributed by atoms with Crippen molar-refractivity contribution in [2.75, 3.05) is 14.1 Å². The molecule has 2 amide bonds. The van der Waals surface area contributed by atoms with Gasteiger partial charge in [-0.2, -0.15) is 0 Å². The Morgan fingerprint density at radius 1 is 1.16 bits per heavy atom. The summed E-state index contributed by atoms with van der Waals surface area (Å²) in [7, 11) is 2.93. The normalized spacial score (nSPS) is 31.2. The number of hydrogen-bond donors (Lipinski definition) is 7. The molecule has 0 saturated carbocycles. The number of ketones is 2. The highest BCUT2D eigenvalue weighted by atomic mass is 16.4. The Hall–Kier alpha value is -3.74. The molecule has 0 unspecified atom stereocenters. The van der Waals surface area contributed by atoms with Crippen molar-refractivity contribution < 1.29 is 44.7 Å². The Morgan fingerprint density at radius 3 is 2.32 bits per heavy atom. The first-order valence-electron chi connectivity index (χ1n) is 11.6. The molecule has 0 aromatic heterocycles. The molecule has 0 aliphatic heterocycles. The number of likely N-dealkylation sites (N-methyl/N-ethyl adjacent to an activating group) is 1. The monoisotopic (exact) mass is 515 g/mol. The Balaban J connectivity index is 2.02. The number of phenolic OH excluding ortho intramolecular Hbond substituents is 1. The van der Waals surface area contributed by atoms with Crippen LogP contribution in [-0.2, 0) is 20.9 Å². The number of nitrogens with one attached hydrogen (secondary N) is 1. The zero-order valence-corrected chi connectivity index (χ0v) is 20.6. The van der Waals surface area contributed by atoms with Crippen molar-refractivity contribution in [1.82, 2.24) is 10.2 Å². The van der Waals surface area contributed by atoms with Gasteiger partial charge in [0.05, 0.1) is 23.6 Å². The first kappa shape index (κ1) is 26.3. The number of benzene rings is 1. The summed E-state index contributed by atoms with van der Waals surface area (Å²) < 4.78 is 0. The summed E-state index contributed by atoms with van der Waals surface area (Å²) in [4.78, 5) is 52.0. The highest BCUT2D eigenvalue weighted by molar-refractivity contribution is 6.25. The van der Waals surface area contributed by atoms with Gasteiger partial charge in [0.25, 0.3) is 5.91 Å². The van der Waals surface area contributed by atoms with Gasteiger partial charge in [-0.05, 0) is 37.2 Å². The highest BCUT2D eigenvalue weighted by Crippen LogP contribution is 2.55. The number of fused-ring (bicyclic) bond motifs is 3. The fraction of sp³-hybridized carbons (Fsp3) is 0.440. The summed E-state index contributed by atoms with van der Waals surface area (Å²) in [5.41, 5.74) is 1.50. The molecule has 12 heteroatoms. The van der Waals surface area contributed by atoms with Gasteiger partial charge in [-0.3, -0.25) is 24.1 Å². The molecule has 0 saturated heterocycles. The molecule has 6 atom stereocenters. The molecule has 1 aromatic rings. The van der Waals surface area contributed by atoms with Gasteiger partial charge in [0, 0.05) is 25.0 Å². The van der Waals surface area contributed by atoms with E-state index in [9.17, 15) is 44.7 Å². The molecule has 1 aromatic carbocycles. The number of nitrogens with zero attached hydrogens (tertiary/aromatic N) is 1. The molecule has 0 heterocycles. The lowest BCUT2D eigenvalue weighted by Gasteiger charge is -2.53. The summed E-state index contributed by atoms with van der Waals surface area (Å²) in [6.45, 7) is 2.96. The van der Waals surface area contributed by atoms with E-state index in [0.29, 0.717) is 11.1 Å². The maximum Gasteiger partial charge on any atom is 0.255 e. The third kappa shape index (κ3) is 3.47. The van der Waals surface area contributed by atoms with Crippen LogP contribution in [0.2, 0.25) is 0 Å². The molecule has 3 aliphatic carbocycles. The number of aliphatic hydroxyl groups is 4. The third-order valence-electron chi connectivity index (χ3n) is 7.73. The van der Waals surface area contributed by atoms with Crippen LogP contribution in [0.3, 0.4) is 0 Å². The second-order valence-corrected chi connectivity index (χ2v) is 9.99. The topological polar surface area (TPSA) is 211 Å². The third-order valence-corrected chi connectivity index (χ3v) is 7.73. The van der Waals surface area contributed by atoms with Crippen LogP contribution in [0.5, 0.6) is 5.75 Å². The maximum absolute atomic E-state index is 13.7. The largest absolute Gasteiger partial charge is 0.510 e. The van der Waals surface area contributed by atoms with Crippen molar-refractivity contribution in [3.05, 3.63) is 51.5 Å². The van der Waals surface area contributed by atoms with Crippen molar-refractivity contribution in [3.8, 4) is 5.75 Å². The smallest absolute Gasteiger partial charge is 0.255 e. The molecular weight excluding hydrogens is 486 g/mol. The van der Waals surface area contributed by atoms with Crippen molar-refractivity contribution in [2.45, 2.75) is 44.1 Å². The van der Waals surface area contributed by atoms with Gasteiger partial charge in [0.2, 0.25) is 11.7 Å². The molecule has 0 radical (unpaired) electrons. The molecule has 0 spiro atoms. The van der Waals surface area contributed by atoms with Crippen LogP contribution in [0.15, 0.2) is 34.8 Å². The number of phenols is 1. The number of Topliss-reactive ketones (excluding diaryl/α,β-unsaturated/α-hetero) is 2. The lowest BCUT2D eigenvalue weighted by molar-refractivity contribution is -0.162. The lowest BCUT2D eigenvalue weighted by Crippen LogP contribution is -2.68. The lowest BCUT2D eigenvalue weighted by atomic mass is 9.55. The molecule has 8 N–H and O–H groups in total. The average Bonchev–Trinajstić information content (AvgIpc) is 2.80. The Labute approximate surface area is 211 Å². The van der Waals surface area contributed by atoms with Gasteiger partial charge in [0.15, 0.2) is 11.4 Å². The van der Waals surface area contributed by atoms with E-state index in [-0.39, 0.29) is 18.0 Å². The van der Waals surface area contributed by atoms with Crippen molar-refractivity contribution >= 4 is 23.4 Å². The summed E-state index contributed by atoms with van der Waals surface area (Å²) in [5.74, 6) is -9.89. The number of aliphatic hydroxyl groups excluding tert-OH is 3. The second-order valence-electron chi connectivity index (χ2n) is 9.99. The number of nitrogens with two attached hydrogens (primary N) is 1. The number of rotatable bonds is 4. The van der Waals surface area contributed by atoms with E-state index < -0.39 is 81.4 Å². The number of amides is 2. The predicted molar refractivity (Wildman–Crippen MR) is 127 cm³/mol. The van der Waals surface area contributed by atoms with Gasteiger partial charge < -0.3 is 36.6 Å². The fourth-order valence-electron chi connectivity index (χ4n) is 6.17. The zero-order valence-electron chi connectivity index (χ0n) is 20.6. The zero-order chi connectivity index (χ0) is 27.7. The summed E-state index contributed by atoms with van der Waals surface area (Å²) in [6, 6.07) is 1.43. The van der Waals surface area contributed by atoms with E-state index in [1.807, 2.05) is 0 Å². The molecule has 0 bridgehead atoms. The summed E-state index contributed by atoms with van der Waals surface area (Å²) in [6.07, 6.45) is -1.69. The predicted octanol–water partition coefficient (Wildman–Crippen LogP) is -0.711. The van der Waals surface area contributed by atoms with E-state index in [1.165, 1.54) is 38.1 Å². The number of primary amides is 1. The van der Waals surface area contributed by atoms with E-state index >= 15 is 0 Å². The van der Waals surface area contributed by atoms with E-state index in [0.717, 1.165) is 0 Å². The van der Waals surface area contributed by atoms with Crippen LogP contribution in [-0.4, -0.2) is 85.7 Å². The van der Waals surface area contributed by atoms with Gasteiger partial charge in [0.1, 0.15) is 22.8 Å². The molecule has 198 valence electrons. The highest BCUT2D eigenvalue weighted by Gasteiger charge is 2.67. The van der Waals surface area contributed by atoms with Crippen LogP contribution < -0.4 is 11.1 Å². The molecule has 37 heavy (non-hydrogen) atoms. The summed E-state index contributed by atoms with van der Waals surface area (Å²) in [5, 5.41) is 58.7. The SMILES string of the molecule is CC(=O)NCc1ccc(O)c2c1[C@H](C)[C@@H]1C(=C(O)[C@]3(O)C(=O)C(C(N)=O)=C(O)[C@@H](N(C)C)[C@@H]3[C@H]1O)C2=O. The fourth-order valence-corrected chi connectivity index (χ4v) is 6.17. The number of carbonyl (C=O) groups is 4. The van der Waals surface area contributed by atoms with Gasteiger partial charge >= 0.3 is 0 Å². The number of aromatic hydroxyl groups is 1. The van der Waals surface area contributed by atoms with Crippen LogP contribution in [0.4, 0.5) is 0 Å². The minimum absolute atomic E-state index is 0.0150. The van der Waals surface area contributed by atoms with Gasteiger partial charge in [-0.1, -0.05) is 13.0 Å². The molecule has 0 fully saturated rings. The van der Waals surface area contributed by atoms with Crippen LogP contribution in [0, 0.1) is 11.8 Å². The van der Waals surface area contributed by atoms with Crippen molar-refractivity contribution in [2.24, 2.45) is 17.6 Å². The standard InChI is InChI=1S/C25H29N3O9/c1-8-12-10(7-27-9(2)29)5-6-11(30)14(12)19(31)15-13(8)20(32)17-18(28(3)4)21(33)16(24(26)36)23(35)25(17,37)22(15)34/h5-6,8,13,17-18,20,30,32-34,37H,7H2,1-4H3,(H2,26,36)(H,27,29)/t8-,13+,17+,18-,20-,25-/m0/s1. The quantitative estimate of drug-likeness (QED) is 0.250. The minimum Gasteiger partial charge on any atom is -0.510 e. The Bertz CT molecular complexity index is 1310. The number of hydrogen-bond acceptors (Lipinski definition) is 10. The molecule has 4 rings (SSSR count). The van der Waals surface area contributed by atoms with Crippen LogP contribution in [0.1, 0.15) is 41.3 Å². The molecule has 3 aliphatic rings. The average molecular weight is 516 g/mol. The van der Waals surface area contributed by atoms with Crippen LogP contribution >= 0.6 is 0 Å². The Kier molecular flexibility index (Phi) is 6.18. The van der Waals surface area contributed by atoms with Gasteiger partial charge in [-0.15, -0.1) is 0 Å². The van der Waals surface area contributed by atoms with Crippen molar-refractivity contribution in [3.63, 3.8) is 0 Å². The first-order valence-corrected chi connectivity index (χ1v) is 11.6. The molecule has 12 nitrogen and oxygen atoms in total. The summed E-state index contributed by atoms with van der Waals surface area (Å²) >= 11 is 0. The van der Waals surface area contributed by atoms with E-state index in [1.54, 1.807) is 6.92 Å². The van der Waals surface area contributed by atoms with E-state index in [4.69, 9.17) is 5.73 Å². The maximum atomic E-state index is 13.7. The molecular formula is C25H29N3O9. The van der Waals surface area contributed by atoms with E-state index in [2.05, 4.69) is 5.32 Å². The number of carbonyl (C=O) groups excluding carboxylic acids is 4. The van der Waals surface area contributed by atoms with Crippen LogP contribution in [0.25, 0.3) is 0 Å². The Morgan fingerprint density at radius 2 is 1.78 bits per heavy atom. The first-order chi connectivity index (χ1) is 17.2. The van der Waals surface area contributed by atoms with Crippen molar-refractivity contribution in [1.29, 1.82) is 0 Å².